The van der Waals surface area contributed by atoms with Crippen molar-refractivity contribution in [2.75, 3.05) is 35.8 Å². The number of rotatable bonds is 7. The Morgan fingerprint density at radius 2 is 1.82 bits per heavy atom. The predicted octanol–water partition coefficient (Wildman–Crippen LogP) is 5.30. The van der Waals surface area contributed by atoms with E-state index < -0.39 is 11.7 Å². The lowest BCUT2D eigenvalue weighted by Gasteiger charge is -2.27. The van der Waals surface area contributed by atoms with Crippen molar-refractivity contribution in [3.8, 4) is 0 Å². The van der Waals surface area contributed by atoms with E-state index in [1.54, 1.807) is 40.2 Å². The zero-order valence-electron chi connectivity index (χ0n) is 20.1. The smallest absolute Gasteiger partial charge is 0.414 e. The van der Waals surface area contributed by atoms with Crippen molar-refractivity contribution < 1.29 is 14.3 Å². The van der Waals surface area contributed by atoms with E-state index in [9.17, 15) is 9.59 Å². The lowest BCUT2D eigenvalue weighted by atomic mass is 10.1. The van der Waals surface area contributed by atoms with Crippen molar-refractivity contribution in [3.63, 3.8) is 0 Å². The monoisotopic (exact) mass is 483 g/mol. The average molecular weight is 484 g/mol. The third kappa shape index (κ3) is 6.74. The summed E-state index contributed by atoms with van der Waals surface area (Å²) in [7, 11) is 3.70. The highest BCUT2D eigenvalue weighted by Gasteiger charge is 2.23. The molecular formula is C25H30ClN5O3. The molecule has 180 valence electrons. The number of amides is 2. The van der Waals surface area contributed by atoms with E-state index in [4.69, 9.17) is 16.3 Å². The molecule has 1 aromatic heterocycles. The fraction of sp³-hybridized carbons (Fsp3) is 0.320. The summed E-state index contributed by atoms with van der Waals surface area (Å²) >= 11 is 6.08. The molecule has 2 aromatic carbocycles. The van der Waals surface area contributed by atoms with Gasteiger partial charge in [0.1, 0.15) is 5.60 Å². The van der Waals surface area contributed by atoms with Gasteiger partial charge < -0.3 is 15.0 Å². The molecule has 1 N–H and O–H groups in total. The van der Waals surface area contributed by atoms with E-state index in [1.165, 1.54) is 0 Å². The van der Waals surface area contributed by atoms with E-state index in [-0.39, 0.29) is 5.91 Å². The van der Waals surface area contributed by atoms with E-state index in [1.807, 2.05) is 70.1 Å². The van der Waals surface area contributed by atoms with Crippen LogP contribution >= 0.6 is 11.6 Å². The minimum absolute atomic E-state index is 0.264. The Bertz CT molecular complexity index is 1140. The fourth-order valence-corrected chi connectivity index (χ4v) is 3.44. The topological polar surface area (TPSA) is 79.7 Å². The lowest BCUT2D eigenvalue weighted by Crippen LogP contribution is -2.38. The van der Waals surface area contributed by atoms with Gasteiger partial charge in [0.15, 0.2) is 0 Å². The van der Waals surface area contributed by atoms with Crippen molar-refractivity contribution in [2.45, 2.75) is 32.9 Å². The number of benzene rings is 2. The van der Waals surface area contributed by atoms with Crippen LogP contribution in [0, 0.1) is 0 Å². The maximum atomic E-state index is 12.8. The van der Waals surface area contributed by atoms with Crippen LogP contribution in [0.1, 0.15) is 31.1 Å². The van der Waals surface area contributed by atoms with Crippen LogP contribution in [0.15, 0.2) is 60.9 Å². The number of halogens is 1. The molecule has 1 heterocycles. The number of carbonyl (C=O) groups is 2. The van der Waals surface area contributed by atoms with Gasteiger partial charge in [-0.25, -0.2) is 4.79 Å². The number of para-hydroxylation sites is 1. The van der Waals surface area contributed by atoms with Gasteiger partial charge in [0.2, 0.25) is 0 Å². The second kappa shape index (κ2) is 10.6. The fourth-order valence-electron chi connectivity index (χ4n) is 3.27. The van der Waals surface area contributed by atoms with E-state index in [0.29, 0.717) is 35.1 Å². The number of carbonyl (C=O) groups excluding carboxylic acids is 2. The normalized spacial score (nSPS) is 11.1. The number of hydrogen-bond donors (Lipinski definition) is 1. The van der Waals surface area contributed by atoms with Crippen LogP contribution in [0.4, 0.5) is 21.9 Å². The number of anilines is 3. The summed E-state index contributed by atoms with van der Waals surface area (Å²) < 4.78 is 7.25. The molecular weight excluding hydrogens is 454 g/mol. The number of aromatic nitrogens is 2. The van der Waals surface area contributed by atoms with Crippen LogP contribution in [0.2, 0.25) is 5.02 Å². The van der Waals surface area contributed by atoms with Gasteiger partial charge in [-0.05, 0) is 51.1 Å². The molecule has 0 aliphatic rings. The average Bonchev–Trinajstić information content (AvgIpc) is 3.20. The Morgan fingerprint density at radius 1 is 1.12 bits per heavy atom. The lowest BCUT2D eigenvalue weighted by molar-refractivity contribution is 0.0578. The minimum atomic E-state index is -0.611. The van der Waals surface area contributed by atoms with Crippen LogP contribution < -0.4 is 15.1 Å². The van der Waals surface area contributed by atoms with Gasteiger partial charge in [-0.15, -0.1) is 0 Å². The second-order valence-electron chi connectivity index (χ2n) is 8.97. The molecule has 0 bridgehead atoms. The minimum Gasteiger partial charge on any atom is -0.443 e. The van der Waals surface area contributed by atoms with Gasteiger partial charge in [-0.1, -0.05) is 29.8 Å². The summed E-state index contributed by atoms with van der Waals surface area (Å²) in [5.41, 5.74) is 1.89. The first kappa shape index (κ1) is 25.1. The number of ether oxygens (including phenoxy) is 1. The van der Waals surface area contributed by atoms with Gasteiger partial charge in [-0.2, -0.15) is 5.10 Å². The van der Waals surface area contributed by atoms with Crippen LogP contribution in [-0.2, 0) is 11.3 Å². The Morgan fingerprint density at radius 3 is 2.47 bits per heavy atom. The molecule has 0 radical (unpaired) electrons. The molecule has 0 atom stereocenters. The molecule has 3 aromatic rings. The van der Waals surface area contributed by atoms with E-state index in [0.717, 1.165) is 5.69 Å². The molecule has 0 spiro atoms. The summed E-state index contributed by atoms with van der Waals surface area (Å²) in [5.74, 6) is -0.264. The van der Waals surface area contributed by atoms with Crippen molar-refractivity contribution in [1.29, 1.82) is 0 Å². The van der Waals surface area contributed by atoms with Crippen molar-refractivity contribution in [1.82, 2.24) is 9.78 Å². The van der Waals surface area contributed by atoms with E-state index in [2.05, 4.69) is 10.4 Å². The van der Waals surface area contributed by atoms with Gasteiger partial charge in [-0.3, -0.25) is 14.4 Å². The SMILES string of the molecule is CN(C)c1cc(Cl)ccc1C(=O)Nc1cnn(CCN(C(=O)OC(C)(C)C)c2ccccc2)c1. The highest BCUT2D eigenvalue weighted by atomic mass is 35.5. The Balaban J connectivity index is 1.70. The maximum Gasteiger partial charge on any atom is 0.414 e. The first-order valence-electron chi connectivity index (χ1n) is 10.9. The first-order valence-corrected chi connectivity index (χ1v) is 11.3. The Kier molecular flexibility index (Phi) is 7.83. The van der Waals surface area contributed by atoms with Gasteiger partial charge in [0.25, 0.3) is 5.91 Å². The quantitative estimate of drug-likeness (QED) is 0.493. The third-order valence-corrected chi connectivity index (χ3v) is 5.05. The zero-order chi connectivity index (χ0) is 24.9. The summed E-state index contributed by atoms with van der Waals surface area (Å²) in [6.45, 7) is 6.25. The van der Waals surface area contributed by atoms with Crippen LogP contribution in [0.5, 0.6) is 0 Å². The maximum absolute atomic E-state index is 12.8. The number of nitrogens with one attached hydrogen (secondary N) is 1. The molecule has 2 amide bonds. The molecule has 0 saturated carbocycles. The molecule has 3 rings (SSSR count). The van der Waals surface area contributed by atoms with Gasteiger partial charge >= 0.3 is 6.09 Å². The van der Waals surface area contributed by atoms with Crippen molar-refractivity contribution >= 4 is 40.7 Å². The molecule has 0 fully saturated rings. The summed E-state index contributed by atoms with van der Waals surface area (Å²) in [4.78, 5) is 29.1. The van der Waals surface area contributed by atoms with Crippen LogP contribution in [0.25, 0.3) is 0 Å². The van der Waals surface area contributed by atoms with Crippen LogP contribution in [0.3, 0.4) is 0 Å². The number of hydrogen-bond acceptors (Lipinski definition) is 5. The highest BCUT2D eigenvalue weighted by Crippen LogP contribution is 2.24. The van der Waals surface area contributed by atoms with Crippen molar-refractivity contribution in [2.24, 2.45) is 0 Å². The third-order valence-electron chi connectivity index (χ3n) is 4.81. The summed E-state index contributed by atoms with van der Waals surface area (Å²) in [6.07, 6.45) is 2.86. The molecule has 34 heavy (non-hydrogen) atoms. The molecule has 9 heteroatoms. The second-order valence-corrected chi connectivity index (χ2v) is 9.41. The zero-order valence-corrected chi connectivity index (χ0v) is 20.8. The van der Waals surface area contributed by atoms with Gasteiger partial charge in [0, 0.05) is 37.5 Å². The largest absolute Gasteiger partial charge is 0.443 e. The first-order chi connectivity index (χ1) is 16.0. The van der Waals surface area contributed by atoms with Crippen molar-refractivity contribution in [3.05, 3.63) is 71.5 Å². The van der Waals surface area contributed by atoms with Gasteiger partial charge in [0.05, 0.1) is 29.7 Å². The predicted molar refractivity (Wildman–Crippen MR) is 136 cm³/mol. The molecule has 0 saturated heterocycles. The highest BCUT2D eigenvalue weighted by molar-refractivity contribution is 6.31. The molecule has 0 aliphatic heterocycles. The number of nitrogens with zero attached hydrogens (tertiary/aromatic N) is 4. The summed E-state index contributed by atoms with van der Waals surface area (Å²) in [5, 5.41) is 7.75. The Labute approximate surface area is 205 Å². The summed E-state index contributed by atoms with van der Waals surface area (Å²) in [6, 6.07) is 14.5. The Hall–Kier alpha value is -3.52. The molecule has 0 unspecified atom stereocenters. The van der Waals surface area contributed by atoms with E-state index >= 15 is 0 Å². The van der Waals surface area contributed by atoms with Crippen LogP contribution in [-0.4, -0.2) is 48.0 Å². The molecule has 0 aliphatic carbocycles. The molecule has 8 nitrogen and oxygen atoms in total. The standard InChI is InChI=1S/C25H30ClN5O3/c1-25(2,3)34-24(33)31(20-9-7-6-8-10-20)14-13-30-17-19(16-27-30)28-23(32)21-12-11-18(26)15-22(21)29(4)5/h6-12,15-17H,13-14H2,1-5H3,(H,28,32).